The van der Waals surface area contributed by atoms with E-state index in [1.54, 1.807) is 0 Å². The standard InChI is InChI=1S/C50H41BN4O2/c1-49(2)50(3,4)57-51(56-49)43-30-40(29-42(31-43)48-54-46(38-21-13-7-14-22-38)53-47(55-48)39-23-15-8-16-24-39)35-25-27-37(28-26-35)45-33-41(34-17-9-5-10-18-34)32-44(52-45)36-19-11-6-12-20-36/h5-33H,1-4H3. The Bertz CT molecular complexity index is 2540. The average molecular weight is 741 g/mol. The molecule has 9 rings (SSSR count). The third-order valence-electron chi connectivity index (χ3n) is 11.0. The van der Waals surface area contributed by atoms with E-state index in [0.717, 1.165) is 66.9 Å². The van der Waals surface area contributed by atoms with E-state index >= 15 is 0 Å². The molecule has 2 aromatic heterocycles. The Balaban J connectivity index is 1.16. The third kappa shape index (κ3) is 7.43. The van der Waals surface area contributed by atoms with Crippen molar-refractivity contribution in [3.63, 3.8) is 0 Å². The Morgan fingerprint density at radius 1 is 0.333 bits per heavy atom. The minimum atomic E-state index is -0.585. The molecule has 276 valence electrons. The number of aromatic nitrogens is 4. The molecule has 0 unspecified atom stereocenters. The highest BCUT2D eigenvalue weighted by Gasteiger charge is 2.51. The van der Waals surface area contributed by atoms with E-state index in [4.69, 9.17) is 29.2 Å². The minimum Gasteiger partial charge on any atom is -0.399 e. The summed E-state index contributed by atoms with van der Waals surface area (Å²) in [6.45, 7) is 8.30. The lowest BCUT2D eigenvalue weighted by molar-refractivity contribution is 0.00578. The summed E-state index contributed by atoms with van der Waals surface area (Å²) in [5.41, 5.74) is 10.7. The van der Waals surface area contributed by atoms with Crippen LogP contribution in [0.3, 0.4) is 0 Å². The van der Waals surface area contributed by atoms with Gasteiger partial charge in [-0.05, 0) is 73.6 Å². The summed E-state index contributed by atoms with van der Waals surface area (Å²) in [7, 11) is -0.585. The van der Waals surface area contributed by atoms with Crippen molar-refractivity contribution >= 4 is 12.6 Å². The van der Waals surface area contributed by atoms with Crippen LogP contribution in [0.15, 0.2) is 176 Å². The molecule has 57 heavy (non-hydrogen) atoms. The molecule has 0 aliphatic carbocycles. The number of hydrogen-bond donors (Lipinski definition) is 0. The second kappa shape index (κ2) is 14.8. The Morgan fingerprint density at radius 3 is 1.18 bits per heavy atom. The lowest BCUT2D eigenvalue weighted by Crippen LogP contribution is -2.41. The van der Waals surface area contributed by atoms with Gasteiger partial charge < -0.3 is 9.31 Å². The van der Waals surface area contributed by atoms with Crippen LogP contribution in [0.1, 0.15) is 27.7 Å². The highest BCUT2D eigenvalue weighted by Crippen LogP contribution is 2.38. The summed E-state index contributed by atoms with van der Waals surface area (Å²) < 4.78 is 13.2. The molecule has 0 spiro atoms. The van der Waals surface area contributed by atoms with Crippen LogP contribution >= 0.6 is 0 Å². The van der Waals surface area contributed by atoms with Gasteiger partial charge in [-0.15, -0.1) is 0 Å². The highest BCUT2D eigenvalue weighted by molar-refractivity contribution is 6.62. The normalized spacial score (nSPS) is 14.4. The van der Waals surface area contributed by atoms with Gasteiger partial charge in [-0.2, -0.15) is 0 Å². The lowest BCUT2D eigenvalue weighted by atomic mass is 9.76. The van der Waals surface area contributed by atoms with Crippen molar-refractivity contribution in [1.29, 1.82) is 0 Å². The van der Waals surface area contributed by atoms with Gasteiger partial charge in [-0.3, -0.25) is 0 Å². The fourth-order valence-electron chi connectivity index (χ4n) is 7.07. The van der Waals surface area contributed by atoms with Crippen molar-refractivity contribution in [2.75, 3.05) is 0 Å². The van der Waals surface area contributed by atoms with Gasteiger partial charge in [-0.1, -0.05) is 158 Å². The lowest BCUT2D eigenvalue weighted by Gasteiger charge is -2.32. The molecule has 3 heterocycles. The smallest absolute Gasteiger partial charge is 0.399 e. The van der Waals surface area contributed by atoms with Crippen LogP contribution in [0, 0.1) is 0 Å². The van der Waals surface area contributed by atoms with E-state index in [-0.39, 0.29) is 0 Å². The first kappa shape index (κ1) is 36.1. The molecule has 1 aliphatic heterocycles. The zero-order valence-electron chi connectivity index (χ0n) is 32.4. The van der Waals surface area contributed by atoms with Gasteiger partial charge in [0.2, 0.25) is 0 Å². The van der Waals surface area contributed by atoms with Gasteiger partial charge >= 0.3 is 7.12 Å². The van der Waals surface area contributed by atoms with E-state index in [9.17, 15) is 0 Å². The molecule has 1 aliphatic rings. The number of nitrogens with zero attached hydrogens (tertiary/aromatic N) is 4. The largest absolute Gasteiger partial charge is 0.494 e. The van der Waals surface area contributed by atoms with Crippen LogP contribution in [0.2, 0.25) is 0 Å². The summed E-state index contributed by atoms with van der Waals surface area (Å²) in [6, 6.07) is 60.2. The van der Waals surface area contributed by atoms with Crippen molar-refractivity contribution in [1.82, 2.24) is 19.9 Å². The van der Waals surface area contributed by atoms with Gasteiger partial charge in [-0.25, -0.2) is 19.9 Å². The van der Waals surface area contributed by atoms with Crippen molar-refractivity contribution in [2.45, 2.75) is 38.9 Å². The van der Waals surface area contributed by atoms with Crippen LogP contribution in [-0.2, 0) is 9.31 Å². The third-order valence-corrected chi connectivity index (χ3v) is 11.0. The van der Waals surface area contributed by atoms with Crippen LogP contribution < -0.4 is 5.46 Å². The molecule has 0 amide bonds. The predicted molar refractivity (Wildman–Crippen MR) is 231 cm³/mol. The topological polar surface area (TPSA) is 70.0 Å². The fourth-order valence-corrected chi connectivity index (χ4v) is 7.07. The molecular formula is C50H41BN4O2. The summed E-state index contributed by atoms with van der Waals surface area (Å²) in [5.74, 6) is 1.77. The molecule has 0 radical (unpaired) electrons. The number of benzene rings is 6. The van der Waals surface area contributed by atoms with E-state index in [1.807, 2.05) is 72.8 Å². The molecular weight excluding hydrogens is 699 g/mol. The molecule has 0 bridgehead atoms. The Kier molecular flexibility index (Phi) is 9.41. The molecule has 7 heteroatoms. The molecule has 1 saturated heterocycles. The minimum absolute atomic E-state index is 0.510. The van der Waals surface area contributed by atoms with Crippen molar-refractivity contribution in [3.8, 4) is 78.9 Å². The molecule has 8 aromatic rings. The molecule has 6 nitrogen and oxygen atoms in total. The number of pyridine rings is 1. The first-order valence-electron chi connectivity index (χ1n) is 19.3. The van der Waals surface area contributed by atoms with Crippen molar-refractivity contribution in [3.05, 3.63) is 176 Å². The van der Waals surface area contributed by atoms with Crippen LogP contribution in [-0.4, -0.2) is 38.3 Å². The van der Waals surface area contributed by atoms with Gasteiger partial charge in [0.15, 0.2) is 17.5 Å². The van der Waals surface area contributed by atoms with Crippen LogP contribution in [0.5, 0.6) is 0 Å². The summed E-state index contributed by atoms with van der Waals surface area (Å²) in [6.07, 6.45) is 0. The average Bonchev–Trinajstić information content (AvgIpc) is 3.50. The maximum atomic E-state index is 6.61. The van der Waals surface area contributed by atoms with E-state index in [1.165, 1.54) is 0 Å². The maximum Gasteiger partial charge on any atom is 0.494 e. The highest BCUT2D eigenvalue weighted by atomic mass is 16.7. The van der Waals surface area contributed by atoms with E-state index in [2.05, 4.69) is 131 Å². The fraction of sp³-hybridized carbons (Fsp3) is 0.120. The van der Waals surface area contributed by atoms with Gasteiger partial charge in [0, 0.05) is 27.8 Å². The first-order valence-corrected chi connectivity index (χ1v) is 19.3. The zero-order chi connectivity index (χ0) is 39.0. The number of hydrogen-bond acceptors (Lipinski definition) is 6. The molecule has 0 N–H and O–H groups in total. The monoisotopic (exact) mass is 740 g/mol. The van der Waals surface area contributed by atoms with Crippen molar-refractivity contribution < 1.29 is 9.31 Å². The quantitative estimate of drug-likeness (QED) is 0.145. The van der Waals surface area contributed by atoms with Crippen LogP contribution in [0.25, 0.3) is 78.9 Å². The predicted octanol–water partition coefficient (Wildman–Crippen LogP) is 11.2. The van der Waals surface area contributed by atoms with Gasteiger partial charge in [0.05, 0.1) is 22.6 Å². The van der Waals surface area contributed by atoms with Gasteiger partial charge in [0.1, 0.15) is 0 Å². The second-order valence-corrected chi connectivity index (χ2v) is 15.4. The van der Waals surface area contributed by atoms with Crippen molar-refractivity contribution in [2.24, 2.45) is 0 Å². The number of rotatable bonds is 8. The zero-order valence-corrected chi connectivity index (χ0v) is 32.4. The second-order valence-electron chi connectivity index (χ2n) is 15.4. The first-order chi connectivity index (χ1) is 27.7. The molecule has 0 saturated carbocycles. The Hall–Kier alpha value is -6.54. The van der Waals surface area contributed by atoms with Crippen LogP contribution in [0.4, 0.5) is 0 Å². The molecule has 6 aromatic carbocycles. The van der Waals surface area contributed by atoms with Gasteiger partial charge in [0.25, 0.3) is 0 Å². The summed E-state index contributed by atoms with van der Waals surface area (Å²) >= 11 is 0. The Morgan fingerprint density at radius 2 is 0.684 bits per heavy atom. The summed E-state index contributed by atoms with van der Waals surface area (Å²) in [4.78, 5) is 20.2. The SMILES string of the molecule is CC1(C)OB(c2cc(-c3ccc(-c4cc(-c5ccccc5)cc(-c5ccccc5)n4)cc3)cc(-c3nc(-c4ccccc4)nc(-c4ccccc4)n3)c2)OC1(C)C. The van der Waals surface area contributed by atoms with E-state index in [0.29, 0.717) is 17.5 Å². The Labute approximate surface area is 334 Å². The maximum absolute atomic E-state index is 6.61. The molecule has 1 fully saturated rings. The van der Waals surface area contributed by atoms with E-state index < -0.39 is 18.3 Å². The molecule has 0 atom stereocenters. The summed E-state index contributed by atoms with van der Waals surface area (Å²) in [5, 5.41) is 0.